The Morgan fingerprint density at radius 3 is 2.88 bits per heavy atom. The van der Waals surface area contributed by atoms with Gasteiger partial charge in [-0.3, -0.25) is 0 Å². The molecule has 3 atom stereocenters. The molecule has 0 saturated carbocycles. The van der Waals surface area contributed by atoms with Crippen LogP contribution in [-0.2, 0) is 13.0 Å². The summed E-state index contributed by atoms with van der Waals surface area (Å²) in [6.45, 7) is 12.8. The number of fused-ring (bicyclic) bond motifs is 3. The molecule has 142 valence electrons. The highest BCUT2D eigenvalue weighted by Gasteiger charge is 2.38. The first-order valence-electron chi connectivity index (χ1n) is 10.6. The zero-order chi connectivity index (χ0) is 18.3. The Bertz CT molecular complexity index is 777. The van der Waals surface area contributed by atoms with E-state index in [9.17, 15) is 5.11 Å². The van der Waals surface area contributed by atoms with Gasteiger partial charge in [0.05, 0.1) is 31.9 Å². The maximum absolute atomic E-state index is 10.7. The molecule has 2 aliphatic rings. The van der Waals surface area contributed by atoms with Crippen molar-refractivity contribution in [3.8, 4) is 0 Å². The van der Waals surface area contributed by atoms with Crippen molar-refractivity contribution in [1.82, 2.24) is 4.57 Å². The molecule has 2 aromatic rings. The molecule has 0 amide bonds. The van der Waals surface area contributed by atoms with Crippen LogP contribution in [0.3, 0.4) is 0 Å². The lowest BCUT2D eigenvalue weighted by Crippen LogP contribution is -3.17. The van der Waals surface area contributed by atoms with Crippen molar-refractivity contribution in [1.29, 1.82) is 0 Å². The Morgan fingerprint density at radius 1 is 1.31 bits per heavy atom. The van der Waals surface area contributed by atoms with Gasteiger partial charge >= 0.3 is 0 Å². The van der Waals surface area contributed by atoms with E-state index in [2.05, 4.69) is 43.5 Å². The van der Waals surface area contributed by atoms with Crippen LogP contribution in [0.25, 0.3) is 10.9 Å². The third-order valence-electron chi connectivity index (χ3n) is 6.79. The zero-order valence-corrected chi connectivity index (χ0v) is 16.6. The molecule has 2 heterocycles. The largest absolute Gasteiger partial charge is 0.382 e. The van der Waals surface area contributed by atoms with Crippen molar-refractivity contribution in [2.75, 3.05) is 32.7 Å². The Hall–Kier alpha value is -1.36. The van der Waals surface area contributed by atoms with E-state index in [0.717, 1.165) is 39.3 Å². The third-order valence-corrected chi connectivity index (χ3v) is 6.79. The van der Waals surface area contributed by atoms with Gasteiger partial charge in [0.2, 0.25) is 0 Å². The van der Waals surface area contributed by atoms with Gasteiger partial charge in [-0.15, -0.1) is 0 Å². The van der Waals surface area contributed by atoms with E-state index < -0.39 is 0 Å². The summed E-state index contributed by atoms with van der Waals surface area (Å²) in [5, 5.41) is 12.2. The smallest absolute Gasteiger partial charge is 0.152 e. The summed E-state index contributed by atoms with van der Waals surface area (Å²) >= 11 is 0. The van der Waals surface area contributed by atoms with Gasteiger partial charge in [0, 0.05) is 17.3 Å². The number of aromatic nitrogens is 1. The molecule has 0 spiro atoms. The molecule has 4 nitrogen and oxygen atoms in total. The molecule has 26 heavy (non-hydrogen) atoms. The van der Waals surface area contributed by atoms with Crippen molar-refractivity contribution in [2.24, 2.45) is 0 Å². The van der Waals surface area contributed by atoms with Crippen LogP contribution in [0.5, 0.6) is 0 Å². The number of aliphatic hydroxyl groups excluding tert-OH is 1. The maximum Gasteiger partial charge on any atom is 0.152 e. The molecule has 1 aliphatic heterocycles. The summed E-state index contributed by atoms with van der Waals surface area (Å²) in [5.74, 6) is 0. The minimum absolute atomic E-state index is 0.191. The first kappa shape index (κ1) is 18.0. The number of benzene rings is 1. The van der Waals surface area contributed by atoms with Crippen molar-refractivity contribution >= 4 is 10.9 Å². The van der Waals surface area contributed by atoms with Crippen LogP contribution in [0.1, 0.15) is 49.6 Å². The van der Waals surface area contributed by atoms with Gasteiger partial charge in [-0.25, -0.2) is 0 Å². The summed E-state index contributed by atoms with van der Waals surface area (Å²) in [7, 11) is 0. The fourth-order valence-electron chi connectivity index (χ4n) is 5.40. The topological polar surface area (TPSA) is 34.0 Å². The maximum atomic E-state index is 10.7. The van der Waals surface area contributed by atoms with Crippen LogP contribution >= 0.6 is 0 Å². The highest BCUT2D eigenvalue weighted by atomic mass is 16.3. The second-order valence-corrected chi connectivity index (χ2v) is 8.41. The molecule has 0 bridgehead atoms. The first-order valence-corrected chi connectivity index (χ1v) is 10.6. The van der Waals surface area contributed by atoms with E-state index in [4.69, 9.17) is 0 Å². The number of hydrogen-bond donors (Lipinski definition) is 3. The number of aliphatic hydroxyl groups is 1. The molecule has 1 aromatic carbocycles. The summed E-state index contributed by atoms with van der Waals surface area (Å²) in [6, 6.07) is 7.53. The molecular formula is C22H35N3O+2. The zero-order valence-electron chi connectivity index (χ0n) is 16.6. The molecule has 0 fully saturated rings. The van der Waals surface area contributed by atoms with Gasteiger partial charge < -0.3 is 19.5 Å². The number of aryl methyl sites for hydroxylation is 2. The van der Waals surface area contributed by atoms with E-state index in [1.807, 2.05) is 0 Å². The molecule has 0 saturated heterocycles. The number of nitrogens with zero attached hydrogens (tertiary/aromatic N) is 1. The normalized spacial score (nSPS) is 23.4. The van der Waals surface area contributed by atoms with Gasteiger partial charge in [-0.2, -0.15) is 0 Å². The van der Waals surface area contributed by atoms with Crippen LogP contribution < -0.4 is 9.80 Å². The van der Waals surface area contributed by atoms with Crippen LogP contribution in [-0.4, -0.2) is 48.5 Å². The lowest BCUT2D eigenvalue weighted by molar-refractivity contribution is -0.948. The summed E-state index contributed by atoms with van der Waals surface area (Å²) < 4.78 is 2.60. The molecular weight excluding hydrogens is 322 g/mol. The molecule has 3 N–H and O–H groups in total. The predicted octanol–water partition coefficient (Wildman–Crippen LogP) is 0.511. The minimum atomic E-state index is -0.191. The lowest BCUT2D eigenvalue weighted by atomic mass is 9.89. The average Bonchev–Trinajstić information content (AvgIpc) is 2.96. The summed E-state index contributed by atoms with van der Waals surface area (Å²) in [4.78, 5) is 3.11. The molecule has 4 heteroatoms. The fourth-order valence-corrected chi connectivity index (χ4v) is 5.40. The van der Waals surface area contributed by atoms with E-state index in [1.165, 1.54) is 40.6 Å². The van der Waals surface area contributed by atoms with Gasteiger partial charge in [0.1, 0.15) is 19.1 Å². The molecule has 3 unspecified atom stereocenters. The van der Waals surface area contributed by atoms with Crippen molar-refractivity contribution in [3.63, 3.8) is 0 Å². The SMILES string of the molecule is CC[NH+](CC)CC(O)C[NH+]1CCn2c3c(c4cc(C)ccc42)CCCC31. The third kappa shape index (κ3) is 3.08. The molecule has 1 aliphatic carbocycles. The van der Waals surface area contributed by atoms with Gasteiger partial charge in [-0.05, 0) is 51.3 Å². The highest BCUT2D eigenvalue weighted by molar-refractivity contribution is 5.86. The Morgan fingerprint density at radius 2 is 2.12 bits per heavy atom. The van der Waals surface area contributed by atoms with E-state index in [1.54, 1.807) is 16.2 Å². The van der Waals surface area contributed by atoms with Crippen molar-refractivity contribution in [3.05, 3.63) is 35.0 Å². The minimum Gasteiger partial charge on any atom is -0.382 e. The van der Waals surface area contributed by atoms with E-state index in [0.29, 0.717) is 6.04 Å². The highest BCUT2D eigenvalue weighted by Crippen LogP contribution is 2.37. The first-order chi connectivity index (χ1) is 12.6. The Balaban J connectivity index is 1.61. The number of hydrogen-bond acceptors (Lipinski definition) is 1. The average molecular weight is 358 g/mol. The Labute approximate surface area is 157 Å². The second-order valence-electron chi connectivity index (χ2n) is 8.41. The quantitative estimate of drug-likeness (QED) is 0.692. The predicted molar refractivity (Wildman–Crippen MR) is 106 cm³/mol. The van der Waals surface area contributed by atoms with Crippen LogP contribution in [0.4, 0.5) is 0 Å². The Kier molecular flexibility index (Phi) is 5.09. The summed E-state index contributed by atoms with van der Waals surface area (Å²) in [6.07, 6.45) is 3.58. The second kappa shape index (κ2) is 7.34. The summed E-state index contributed by atoms with van der Waals surface area (Å²) in [5.41, 5.74) is 5.97. The van der Waals surface area contributed by atoms with E-state index in [-0.39, 0.29) is 6.10 Å². The van der Waals surface area contributed by atoms with Crippen LogP contribution in [0.15, 0.2) is 18.2 Å². The monoisotopic (exact) mass is 357 g/mol. The van der Waals surface area contributed by atoms with Crippen LogP contribution in [0.2, 0.25) is 0 Å². The standard InChI is InChI=1S/C22H33N3O/c1-4-23(5-2)14-17(26)15-24-11-12-25-20-10-9-16(3)13-19(20)18-7-6-8-21(24)22(18)25/h9-10,13,17,21,26H,4-8,11-12,14-15H2,1-3H3/p+2. The molecule has 0 radical (unpaired) electrons. The van der Waals surface area contributed by atoms with Crippen LogP contribution in [0, 0.1) is 6.92 Å². The fraction of sp³-hybridized carbons (Fsp3) is 0.636. The van der Waals surface area contributed by atoms with Crippen molar-refractivity contribution in [2.45, 2.75) is 58.7 Å². The number of rotatable bonds is 6. The number of likely N-dealkylation sites (N-methyl/N-ethyl adjacent to an activating group) is 1. The molecule has 1 aromatic heterocycles. The van der Waals surface area contributed by atoms with Gasteiger partial charge in [-0.1, -0.05) is 11.6 Å². The number of nitrogens with one attached hydrogen (secondary N) is 2. The number of quaternary nitrogens is 2. The van der Waals surface area contributed by atoms with Crippen molar-refractivity contribution < 1.29 is 14.9 Å². The van der Waals surface area contributed by atoms with Gasteiger partial charge in [0.15, 0.2) is 6.10 Å². The van der Waals surface area contributed by atoms with E-state index >= 15 is 0 Å². The lowest BCUT2D eigenvalue weighted by Gasteiger charge is -2.38. The van der Waals surface area contributed by atoms with Gasteiger partial charge in [0.25, 0.3) is 0 Å². The molecule has 4 rings (SSSR count).